The number of nitro groups is 1. The number of rotatable bonds is 3. The summed E-state index contributed by atoms with van der Waals surface area (Å²) in [6.07, 6.45) is 0.979. The van der Waals surface area contributed by atoms with Crippen LogP contribution in [0.1, 0.15) is 20.7 Å². The molecule has 2 rings (SSSR count). The van der Waals surface area contributed by atoms with E-state index in [0.29, 0.717) is 28.7 Å². The van der Waals surface area contributed by atoms with Crippen LogP contribution in [-0.2, 0) is 0 Å². The van der Waals surface area contributed by atoms with Crippen LogP contribution in [0.25, 0.3) is 0 Å². The lowest BCUT2D eigenvalue weighted by molar-refractivity contribution is -0.385. The van der Waals surface area contributed by atoms with Gasteiger partial charge in [-0.1, -0.05) is 0 Å². The predicted molar refractivity (Wildman–Crippen MR) is 85.6 cm³/mol. The molecule has 0 saturated carbocycles. The van der Waals surface area contributed by atoms with Crippen molar-refractivity contribution >= 4 is 50.1 Å². The molecule has 2 aromatic carbocycles. The van der Waals surface area contributed by atoms with Gasteiger partial charge in [0.1, 0.15) is 17.9 Å². The van der Waals surface area contributed by atoms with E-state index >= 15 is 0 Å². The van der Waals surface area contributed by atoms with Gasteiger partial charge in [-0.25, -0.2) is 8.78 Å². The molecule has 0 fully saturated rings. The van der Waals surface area contributed by atoms with Crippen molar-refractivity contribution in [3.8, 4) is 0 Å². The molecule has 120 valence electrons. The summed E-state index contributed by atoms with van der Waals surface area (Å²) in [5.74, 6) is -1.12. The highest BCUT2D eigenvalue weighted by molar-refractivity contribution is 9.10. The van der Waals surface area contributed by atoms with Crippen molar-refractivity contribution in [2.24, 2.45) is 0 Å². The van der Waals surface area contributed by atoms with Gasteiger partial charge in [0, 0.05) is 5.56 Å². The van der Waals surface area contributed by atoms with Gasteiger partial charge in [-0.15, -0.1) is 0 Å². The first-order valence-corrected chi connectivity index (χ1v) is 7.37. The maximum Gasteiger partial charge on any atom is 0.282 e. The highest BCUT2D eigenvalue weighted by Gasteiger charge is 2.16. The normalized spacial score (nSPS) is 9.57. The summed E-state index contributed by atoms with van der Waals surface area (Å²) >= 11 is 5.77. The maximum absolute atomic E-state index is 12.8. The summed E-state index contributed by atoms with van der Waals surface area (Å²) in [7, 11) is 0. The van der Waals surface area contributed by atoms with Crippen LogP contribution in [0, 0.1) is 21.7 Å². The molecule has 0 bridgehead atoms. The van der Waals surface area contributed by atoms with Crippen molar-refractivity contribution in [2.45, 2.75) is 0 Å². The molecule has 9 heteroatoms. The van der Waals surface area contributed by atoms with E-state index in [2.05, 4.69) is 31.9 Å². The largest absolute Gasteiger partial charge is 0.298 e. The van der Waals surface area contributed by atoms with Crippen molar-refractivity contribution in [1.29, 1.82) is 0 Å². The fourth-order valence-corrected chi connectivity index (χ4v) is 2.15. The smallest absolute Gasteiger partial charge is 0.282 e. The van der Waals surface area contributed by atoms with Crippen LogP contribution >= 0.6 is 31.9 Å². The number of nitro benzene ring substituents is 1. The van der Waals surface area contributed by atoms with E-state index in [4.69, 9.17) is 0 Å². The van der Waals surface area contributed by atoms with Gasteiger partial charge >= 0.3 is 0 Å². The van der Waals surface area contributed by atoms with Gasteiger partial charge in [0.05, 0.1) is 25.5 Å². The predicted octanol–water partition coefficient (Wildman–Crippen LogP) is 4.71. The third-order valence-corrected chi connectivity index (χ3v) is 3.69. The number of nitrogens with zero attached hydrogens (tertiary/aromatic N) is 1. The fourth-order valence-electron chi connectivity index (χ4n) is 1.39. The summed E-state index contributed by atoms with van der Waals surface area (Å²) < 4.78 is 25.6. The van der Waals surface area contributed by atoms with Gasteiger partial charge in [-0.2, -0.15) is 0 Å². The van der Waals surface area contributed by atoms with Crippen molar-refractivity contribution < 1.29 is 23.3 Å². The fraction of sp³-hybridized carbons (Fsp3) is 0. The molecule has 0 aliphatic heterocycles. The lowest BCUT2D eigenvalue weighted by atomic mass is 10.2. The number of carbonyl (C=O) groups is 2. The van der Waals surface area contributed by atoms with Crippen molar-refractivity contribution in [3.63, 3.8) is 0 Å². The van der Waals surface area contributed by atoms with E-state index in [-0.39, 0.29) is 15.9 Å². The van der Waals surface area contributed by atoms with Crippen LogP contribution in [0.2, 0.25) is 0 Å². The standard InChI is InChI=1S/C7H3BrFNO3.C7H4BrFO/c8-5-1-4(3-11)7(10(12)13)2-6(5)9;8-6-3-5(4-10)1-2-7(6)9/h1-3H;1-4H. The first kappa shape index (κ1) is 19.0. The van der Waals surface area contributed by atoms with Gasteiger partial charge < -0.3 is 0 Å². The maximum atomic E-state index is 12.8. The van der Waals surface area contributed by atoms with Gasteiger partial charge in [-0.3, -0.25) is 19.7 Å². The Kier molecular flexibility index (Phi) is 7.11. The molecule has 0 unspecified atom stereocenters. The van der Waals surface area contributed by atoms with Gasteiger partial charge in [-0.05, 0) is 56.1 Å². The van der Waals surface area contributed by atoms with Crippen LogP contribution in [0.15, 0.2) is 39.3 Å². The molecule has 0 aromatic heterocycles. The third kappa shape index (κ3) is 5.29. The SMILES string of the molecule is O=Cc1cc(Br)c(F)cc1[N+](=O)[O-].O=Cc1ccc(F)c(Br)c1. The summed E-state index contributed by atoms with van der Waals surface area (Å²) in [6.45, 7) is 0. The first-order chi connectivity index (χ1) is 10.8. The topological polar surface area (TPSA) is 77.3 Å². The Hall–Kier alpha value is -2.00. The van der Waals surface area contributed by atoms with E-state index in [1.807, 2.05) is 0 Å². The van der Waals surface area contributed by atoms with Crippen molar-refractivity contribution in [3.05, 3.63) is 72.2 Å². The van der Waals surface area contributed by atoms with Crippen molar-refractivity contribution in [1.82, 2.24) is 0 Å². The Balaban J connectivity index is 0.000000238. The molecule has 5 nitrogen and oxygen atoms in total. The lowest BCUT2D eigenvalue weighted by Crippen LogP contribution is -1.95. The Bertz CT molecular complexity index is 769. The second-order valence-corrected chi connectivity index (χ2v) is 5.70. The van der Waals surface area contributed by atoms with Crippen LogP contribution in [-0.4, -0.2) is 17.5 Å². The van der Waals surface area contributed by atoms with E-state index in [1.165, 1.54) is 18.2 Å². The molecule has 2 aromatic rings. The molecule has 0 spiro atoms. The Morgan fingerprint density at radius 2 is 1.57 bits per heavy atom. The van der Waals surface area contributed by atoms with Crippen LogP contribution in [0.3, 0.4) is 0 Å². The highest BCUT2D eigenvalue weighted by atomic mass is 79.9. The van der Waals surface area contributed by atoms with Crippen molar-refractivity contribution in [2.75, 3.05) is 0 Å². The third-order valence-electron chi connectivity index (χ3n) is 2.47. The molecule has 0 N–H and O–H groups in total. The first-order valence-electron chi connectivity index (χ1n) is 5.79. The molecule has 0 aliphatic carbocycles. The molecule has 0 atom stereocenters. The summed E-state index contributed by atoms with van der Waals surface area (Å²) in [5.41, 5.74) is -0.220. The quantitative estimate of drug-likeness (QED) is 0.385. The minimum absolute atomic E-state index is 0.0280. The monoisotopic (exact) mass is 449 g/mol. The minimum atomic E-state index is -0.806. The van der Waals surface area contributed by atoms with E-state index in [1.54, 1.807) is 0 Å². The van der Waals surface area contributed by atoms with Gasteiger partial charge in [0.25, 0.3) is 5.69 Å². The number of hydrogen-bond acceptors (Lipinski definition) is 4. The van der Waals surface area contributed by atoms with E-state index in [9.17, 15) is 28.5 Å². The molecular formula is C14H7Br2F2NO4. The second kappa shape index (κ2) is 8.59. The Labute approximate surface area is 145 Å². The lowest BCUT2D eigenvalue weighted by Gasteiger charge is -1.97. The number of halogens is 4. The zero-order valence-corrected chi connectivity index (χ0v) is 14.3. The molecule has 0 radical (unpaired) electrons. The molecule has 0 amide bonds. The van der Waals surface area contributed by atoms with Crippen LogP contribution < -0.4 is 0 Å². The Morgan fingerprint density at radius 1 is 0.957 bits per heavy atom. The van der Waals surface area contributed by atoms with E-state index in [0.717, 1.165) is 6.07 Å². The molecule has 0 heterocycles. The Morgan fingerprint density at radius 3 is 2.04 bits per heavy atom. The van der Waals surface area contributed by atoms with Gasteiger partial charge in [0.15, 0.2) is 6.29 Å². The van der Waals surface area contributed by atoms with Gasteiger partial charge in [0.2, 0.25) is 0 Å². The number of hydrogen-bond donors (Lipinski definition) is 0. The van der Waals surface area contributed by atoms with Crippen LogP contribution in [0.5, 0.6) is 0 Å². The highest BCUT2D eigenvalue weighted by Crippen LogP contribution is 2.24. The second-order valence-electron chi connectivity index (χ2n) is 3.99. The number of benzene rings is 2. The van der Waals surface area contributed by atoms with E-state index < -0.39 is 16.4 Å². The molecular weight excluding hydrogens is 444 g/mol. The average molecular weight is 451 g/mol. The zero-order chi connectivity index (χ0) is 17.6. The molecule has 0 saturated heterocycles. The summed E-state index contributed by atoms with van der Waals surface area (Å²) in [4.78, 5) is 30.0. The molecule has 0 aliphatic rings. The summed E-state index contributed by atoms with van der Waals surface area (Å²) in [5, 5.41) is 10.3. The average Bonchev–Trinajstić information content (AvgIpc) is 2.52. The number of carbonyl (C=O) groups excluding carboxylic acids is 2. The summed E-state index contributed by atoms with van der Waals surface area (Å²) in [6, 6.07) is 5.87. The number of aldehydes is 2. The molecule has 23 heavy (non-hydrogen) atoms. The van der Waals surface area contributed by atoms with Crippen LogP contribution in [0.4, 0.5) is 14.5 Å². The minimum Gasteiger partial charge on any atom is -0.298 e. The zero-order valence-electron chi connectivity index (χ0n) is 11.1.